The number of nitrogens with one attached hydrogen (secondary N) is 1. The van der Waals surface area contributed by atoms with Crippen LogP contribution in [0.25, 0.3) is 0 Å². The average Bonchev–Trinajstić information content (AvgIpc) is 3.75. The molecule has 0 fully saturated rings. The third kappa shape index (κ3) is 4.71. The number of azo groups is 1. The zero-order chi connectivity index (χ0) is 27.8. The fourth-order valence-electron chi connectivity index (χ4n) is 4.49. The number of hydrazone groups is 1. The first kappa shape index (κ1) is 25.4. The first-order valence-electron chi connectivity index (χ1n) is 12.7. The van der Waals surface area contributed by atoms with Gasteiger partial charge in [-0.2, -0.15) is 14.9 Å². The number of anilines is 1. The Labute approximate surface area is 233 Å². The Kier molecular flexibility index (Phi) is 6.56. The zero-order valence-corrected chi connectivity index (χ0v) is 22.8. The second-order valence-electron chi connectivity index (χ2n) is 9.47. The van der Waals surface area contributed by atoms with Crippen LogP contribution in [-0.4, -0.2) is 26.4 Å². The number of aryl methyl sites for hydroxylation is 3. The maximum atomic E-state index is 13.5. The average molecular weight is 552 g/mol. The third-order valence-electron chi connectivity index (χ3n) is 6.61. The van der Waals surface area contributed by atoms with Crippen LogP contribution in [0, 0.1) is 20.8 Å². The van der Waals surface area contributed by atoms with Crippen LogP contribution >= 0.6 is 11.3 Å². The Bertz CT molecular complexity index is 1800. The number of benzene rings is 2. The molecule has 0 spiro atoms. The van der Waals surface area contributed by atoms with Crippen LogP contribution in [0.4, 0.5) is 16.5 Å². The van der Waals surface area contributed by atoms with Crippen molar-refractivity contribution in [3.05, 3.63) is 116 Å². The summed E-state index contributed by atoms with van der Waals surface area (Å²) < 4.78 is 6.69. The van der Waals surface area contributed by atoms with Gasteiger partial charge < -0.3 is 4.42 Å². The molecule has 0 bridgehead atoms. The lowest BCUT2D eigenvalue weighted by atomic mass is 10.0. The first-order valence-corrected chi connectivity index (χ1v) is 13.5. The number of H-pyrrole nitrogens is 1. The normalized spacial score (nSPS) is 15.2. The molecular weight excluding hydrogens is 526 g/mol. The molecule has 0 aliphatic carbocycles. The maximum Gasteiger partial charge on any atom is 0.302 e. The number of rotatable bonds is 6. The van der Waals surface area contributed by atoms with Crippen LogP contribution in [0.1, 0.15) is 50.4 Å². The van der Waals surface area contributed by atoms with Crippen molar-refractivity contribution in [1.29, 1.82) is 0 Å². The molecule has 0 radical (unpaired) electrons. The molecule has 0 amide bonds. The number of aromatic nitrogens is 3. The highest BCUT2D eigenvalue weighted by Gasteiger charge is 2.35. The summed E-state index contributed by atoms with van der Waals surface area (Å²) in [5.74, 6) is 0.225. The standard InChI is InChI=1S/C29H25N7O3S/c1-17-11-13-20(14-12-17)22-16-23(24-10-7-15-39-24)35(34-22)29-30-19(3)26(40-29)28(38)36-27(37)25(18(2)33-36)32-31-21-8-5-4-6-9-21/h4-15,23,33H,16H2,1-3H3. The first-order chi connectivity index (χ1) is 19.4. The van der Waals surface area contributed by atoms with E-state index in [0.717, 1.165) is 21.7 Å². The maximum absolute atomic E-state index is 13.5. The molecular formula is C29H25N7O3S. The van der Waals surface area contributed by atoms with Gasteiger partial charge in [-0.1, -0.05) is 59.4 Å². The van der Waals surface area contributed by atoms with Crippen molar-refractivity contribution >= 4 is 39.5 Å². The van der Waals surface area contributed by atoms with Gasteiger partial charge in [-0.05, 0) is 50.6 Å². The van der Waals surface area contributed by atoms with Gasteiger partial charge in [0.15, 0.2) is 5.69 Å². The third-order valence-corrected chi connectivity index (χ3v) is 7.74. The predicted octanol–water partition coefficient (Wildman–Crippen LogP) is 6.61. The molecule has 6 rings (SSSR count). The number of aromatic amines is 1. The van der Waals surface area contributed by atoms with E-state index in [1.165, 1.54) is 16.9 Å². The number of hydrogen-bond donors (Lipinski definition) is 1. The van der Waals surface area contributed by atoms with Gasteiger partial charge in [0, 0.05) is 6.42 Å². The summed E-state index contributed by atoms with van der Waals surface area (Å²) in [6.45, 7) is 5.46. The van der Waals surface area contributed by atoms with Crippen molar-refractivity contribution in [3.8, 4) is 0 Å². The highest BCUT2D eigenvalue weighted by Crippen LogP contribution is 2.39. The number of furan rings is 1. The molecule has 1 aliphatic rings. The number of hydrogen-bond acceptors (Lipinski definition) is 9. The van der Waals surface area contributed by atoms with Crippen molar-refractivity contribution in [1.82, 2.24) is 14.8 Å². The van der Waals surface area contributed by atoms with Crippen molar-refractivity contribution in [2.45, 2.75) is 33.2 Å². The summed E-state index contributed by atoms with van der Waals surface area (Å²) in [7, 11) is 0. The van der Waals surface area contributed by atoms with E-state index in [0.29, 0.717) is 33.5 Å². The minimum absolute atomic E-state index is 0.0735. The van der Waals surface area contributed by atoms with E-state index < -0.39 is 11.5 Å². The fourth-order valence-corrected chi connectivity index (χ4v) is 5.49. The van der Waals surface area contributed by atoms with Crippen molar-refractivity contribution in [2.24, 2.45) is 15.3 Å². The molecule has 5 aromatic rings. The summed E-state index contributed by atoms with van der Waals surface area (Å²) in [5, 5.41) is 18.3. The highest BCUT2D eigenvalue weighted by molar-refractivity contribution is 7.17. The number of nitrogens with zero attached hydrogens (tertiary/aromatic N) is 6. The molecule has 2 aromatic carbocycles. The second kappa shape index (κ2) is 10.3. The summed E-state index contributed by atoms with van der Waals surface area (Å²) in [4.78, 5) is 31.7. The Hall–Kier alpha value is -4.90. The predicted molar refractivity (Wildman–Crippen MR) is 153 cm³/mol. The van der Waals surface area contributed by atoms with Crippen LogP contribution in [0.3, 0.4) is 0 Å². The Morgan fingerprint density at radius 2 is 1.80 bits per heavy atom. The van der Waals surface area contributed by atoms with Crippen molar-refractivity contribution in [3.63, 3.8) is 0 Å². The van der Waals surface area contributed by atoms with Gasteiger partial charge in [-0.3, -0.25) is 14.7 Å². The summed E-state index contributed by atoms with van der Waals surface area (Å²) in [5.41, 5.74) is 4.10. The van der Waals surface area contributed by atoms with Crippen LogP contribution in [-0.2, 0) is 0 Å². The molecule has 1 unspecified atom stereocenters. The smallest absolute Gasteiger partial charge is 0.302 e. The molecule has 200 valence electrons. The van der Waals surface area contributed by atoms with E-state index in [4.69, 9.17) is 9.52 Å². The Morgan fingerprint density at radius 3 is 2.52 bits per heavy atom. The molecule has 1 atom stereocenters. The second-order valence-corrected chi connectivity index (χ2v) is 10.4. The molecule has 40 heavy (non-hydrogen) atoms. The van der Waals surface area contributed by atoms with Crippen LogP contribution in [0.5, 0.6) is 0 Å². The minimum atomic E-state index is -0.578. The minimum Gasteiger partial charge on any atom is -0.467 e. The molecule has 3 aromatic heterocycles. The van der Waals surface area contributed by atoms with E-state index >= 15 is 0 Å². The van der Waals surface area contributed by atoms with Crippen molar-refractivity contribution in [2.75, 3.05) is 5.01 Å². The lowest BCUT2D eigenvalue weighted by molar-refractivity contribution is 0.0944. The van der Waals surface area contributed by atoms with Gasteiger partial charge in [0.2, 0.25) is 5.13 Å². The van der Waals surface area contributed by atoms with E-state index in [2.05, 4.69) is 32.4 Å². The highest BCUT2D eigenvalue weighted by atomic mass is 32.1. The zero-order valence-electron chi connectivity index (χ0n) is 22.0. The number of carbonyl (C=O) groups is 1. The summed E-state index contributed by atoms with van der Waals surface area (Å²) in [6.07, 6.45) is 2.25. The molecule has 11 heteroatoms. The topological polar surface area (TPSA) is 121 Å². The van der Waals surface area contributed by atoms with Crippen molar-refractivity contribution < 1.29 is 9.21 Å². The van der Waals surface area contributed by atoms with Crippen LogP contribution in [0.2, 0.25) is 0 Å². The van der Waals surface area contributed by atoms with Crippen LogP contribution in [0.15, 0.2) is 97.5 Å². The summed E-state index contributed by atoms with van der Waals surface area (Å²) in [6, 6.07) is 20.8. The quantitative estimate of drug-likeness (QED) is 0.238. The SMILES string of the molecule is Cc1ccc(C2=NN(c3nc(C)c(C(=O)n4[nH]c(C)c(N=Nc5ccccc5)c4=O)s3)C(c3ccco3)C2)cc1. The Balaban J connectivity index is 1.33. The van der Waals surface area contributed by atoms with E-state index in [-0.39, 0.29) is 11.7 Å². The molecule has 0 saturated carbocycles. The monoisotopic (exact) mass is 551 g/mol. The molecule has 1 N–H and O–H groups in total. The molecule has 0 saturated heterocycles. The number of carbonyl (C=O) groups excluding carboxylic acids is 1. The van der Waals surface area contributed by atoms with Gasteiger partial charge in [-0.25, -0.2) is 9.99 Å². The van der Waals surface area contributed by atoms with Crippen LogP contribution < -0.4 is 10.6 Å². The lowest BCUT2D eigenvalue weighted by Gasteiger charge is -2.18. The van der Waals surface area contributed by atoms with Gasteiger partial charge in [0.05, 0.1) is 29.1 Å². The van der Waals surface area contributed by atoms with E-state index in [1.54, 1.807) is 37.3 Å². The van der Waals surface area contributed by atoms with E-state index in [1.807, 2.05) is 49.4 Å². The molecule has 4 heterocycles. The number of thiazole rings is 1. The largest absolute Gasteiger partial charge is 0.467 e. The summed E-state index contributed by atoms with van der Waals surface area (Å²) >= 11 is 1.18. The molecule has 1 aliphatic heterocycles. The van der Waals surface area contributed by atoms with Gasteiger partial charge >= 0.3 is 5.56 Å². The van der Waals surface area contributed by atoms with E-state index in [9.17, 15) is 9.59 Å². The van der Waals surface area contributed by atoms with Gasteiger partial charge in [-0.15, -0.1) is 5.11 Å². The van der Waals surface area contributed by atoms with Gasteiger partial charge in [0.1, 0.15) is 16.7 Å². The fraction of sp³-hybridized carbons (Fsp3) is 0.172. The lowest BCUT2D eigenvalue weighted by Crippen LogP contribution is -2.25. The van der Waals surface area contributed by atoms with Gasteiger partial charge in [0.25, 0.3) is 5.91 Å². The molecule has 10 nitrogen and oxygen atoms in total. The Morgan fingerprint density at radius 1 is 1.02 bits per heavy atom.